The Morgan fingerprint density at radius 1 is 1.18 bits per heavy atom. The quantitative estimate of drug-likeness (QED) is 0.705. The molecule has 0 bridgehead atoms. The van der Waals surface area contributed by atoms with E-state index in [1.165, 1.54) is 4.90 Å². The number of hydrogen-bond acceptors (Lipinski definition) is 3. The van der Waals surface area contributed by atoms with Crippen molar-refractivity contribution in [2.75, 3.05) is 27.2 Å². The van der Waals surface area contributed by atoms with Gasteiger partial charge in [0.1, 0.15) is 0 Å². The fourth-order valence-corrected chi connectivity index (χ4v) is 1.51. The molecule has 0 rings (SSSR count). The second-order valence-corrected chi connectivity index (χ2v) is 4.45. The molecule has 0 spiro atoms. The molecule has 0 radical (unpaired) electrons. The molecule has 5 heteroatoms. The smallest absolute Gasteiger partial charge is 0.241 e. The summed E-state index contributed by atoms with van der Waals surface area (Å²) in [6, 6.07) is -0.101. The van der Waals surface area contributed by atoms with E-state index < -0.39 is 0 Å². The van der Waals surface area contributed by atoms with Crippen LogP contribution in [0.25, 0.3) is 0 Å². The third-order valence-electron chi connectivity index (χ3n) is 2.66. The van der Waals surface area contributed by atoms with Crippen molar-refractivity contribution in [3.8, 4) is 0 Å². The largest absolute Gasteiger partial charge is 0.347 e. The lowest BCUT2D eigenvalue weighted by molar-refractivity contribution is -0.139. The molecule has 0 saturated carbocycles. The predicted molar refractivity (Wildman–Crippen MR) is 68.4 cm³/mol. The molecule has 0 fully saturated rings. The summed E-state index contributed by atoms with van der Waals surface area (Å²) in [6.45, 7) is 4.59. The van der Waals surface area contributed by atoms with E-state index in [1.54, 1.807) is 19.0 Å². The Morgan fingerprint density at radius 3 is 2.18 bits per heavy atom. The molecule has 0 aliphatic carbocycles. The molecule has 0 aliphatic rings. The van der Waals surface area contributed by atoms with Crippen LogP contribution >= 0.6 is 0 Å². The zero-order chi connectivity index (χ0) is 13.4. The van der Waals surface area contributed by atoms with Gasteiger partial charge in [-0.1, -0.05) is 13.3 Å². The first-order valence-corrected chi connectivity index (χ1v) is 6.15. The van der Waals surface area contributed by atoms with E-state index in [9.17, 15) is 9.59 Å². The van der Waals surface area contributed by atoms with Crippen LogP contribution < -0.4 is 5.73 Å². The lowest BCUT2D eigenvalue weighted by atomic mass is 10.1. The van der Waals surface area contributed by atoms with Crippen LogP contribution in [0.5, 0.6) is 0 Å². The Morgan fingerprint density at radius 2 is 1.76 bits per heavy atom. The first-order chi connectivity index (χ1) is 7.92. The van der Waals surface area contributed by atoms with Crippen LogP contribution in [0.4, 0.5) is 0 Å². The number of hydrogen-bond donors (Lipinski definition) is 1. The van der Waals surface area contributed by atoms with E-state index in [4.69, 9.17) is 5.73 Å². The number of nitrogens with zero attached hydrogens (tertiary/aromatic N) is 2. The van der Waals surface area contributed by atoms with Gasteiger partial charge in [-0.15, -0.1) is 0 Å². The van der Waals surface area contributed by atoms with Crippen molar-refractivity contribution in [1.82, 2.24) is 9.80 Å². The second kappa shape index (κ2) is 8.06. The molecular formula is C12H25N3O2. The number of nitrogens with two attached hydrogens (primary N) is 1. The molecular weight excluding hydrogens is 218 g/mol. The maximum atomic E-state index is 11.9. The molecule has 1 atom stereocenters. The summed E-state index contributed by atoms with van der Waals surface area (Å²) in [4.78, 5) is 26.5. The highest BCUT2D eigenvalue weighted by atomic mass is 16.2. The Kier molecular flexibility index (Phi) is 7.54. The van der Waals surface area contributed by atoms with Gasteiger partial charge in [0, 0.05) is 33.1 Å². The van der Waals surface area contributed by atoms with E-state index in [0.29, 0.717) is 13.0 Å². The maximum absolute atomic E-state index is 11.9. The molecule has 5 nitrogen and oxygen atoms in total. The van der Waals surface area contributed by atoms with Crippen molar-refractivity contribution in [3.05, 3.63) is 0 Å². The number of likely N-dealkylation sites (N-methyl/N-ethyl adjacent to an activating group) is 2. The van der Waals surface area contributed by atoms with E-state index in [1.807, 2.05) is 13.8 Å². The van der Waals surface area contributed by atoms with Crippen molar-refractivity contribution >= 4 is 11.8 Å². The monoisotopic (exact) mass is 243 g/mol. The van der Waals surface area contributed by atoms with Crippen LogP contribution in [0, 0.1) is 0 Å². The Labute approximate surface area is 104 Å². The van der Waals surface area contributed by atoms with Gasteiger partial charge in [-0.05, 0) is 13.3 Å². The van der Waals surface area contributed by atoms with Gasteiger partial charge in [-0.25, -0.2) is 0 Å². The summed E-state index contributed by atoms with van der Waals surface area (Å²) in [6.07, 6.45) is 2.13. The fourth-order valence-electron chi connectivity index (χ4n) is 1.51. The molecule has 0 saturated heterocycles. The summed E-state index contributed by atoms with van der Waals surface area (Å²) in [5.41, 5.74) is 5.83. The molecule has 100 valence electrons. The highest BCUT2D eigenvalue weighted by Gasteiger charge is 2.18. The normalized spacial score (nSPS) is 12.1. The third kappa shape index (κ3) is 6.26. The fraction of sp³-hybridized carbons (Fsp3) is 0.833. The SMILES string of the molecule is CCCC(N)CC(=O)N(CC)CC(=O)N(C)C. The maximum Gasteiger partial charge on any atom is 0.241 e. The van der Waals surface area contributed by atoms with Crippen LogP contribution in [0.3, 0.4) is 0 Å². The average Bonchev–Trinajstić information content (AvgIpc) is 2.25. The summed E-state index contributed by atoms with van der Waals surface area (Å²) in [5.74, 6) is -0.104. The number of amides is 2. The molecule has 0 aliphatic heterocycles. The standard InChI is InChI=1S/C12H25N3O2/c1-5-7-10(13)8-11(16)15(6-2)9-12(17)14(3)4/h10H,5-9,13H2,1-4H3. The molecule has 0 aromatic rings. The number of carbonyl (C=O) groups is 2. The molecule has 2 amide bonds. The molecule has 0 aromatic carbocycles. The minimum absolute atomic E-state index is 0.0383. The minimum atomic E-state index is -0.101. The van der Waals surface area contributed by atoms with Gasteiger partial charge in [0.2, 0.25) is 11.8 Å². The van der Waals surface area contributed by atoms with Crippen molar-refractivity contribution in [1.29, 1.82) is 0 Å². The lowest BCUT2D eigenvalue weighted by Crippen LogP contribution is -2.42. The average molecular weight is 243 g/mol. The summed E-state index contributed by atoms with van der Waals surface area (Å²) >= 11 is 0. The first kappa shape index (κ1) is 15.9. The molecule has 0 aromatic heterocycles. The van der Waals surface area contributed by atoms with Crippen molar-refractivity contribution < 1.29 is 9.59 Å². The zero-order valence-electron chi connectivity index (χ0n) is 11.4. The van der Waals surface area contributed by atoms with Crippen molar-refractivity contribution in [2.24, 2.45) is 5.73 Å². The van der Waals surface area contributed by atoms with Crippen LogP contribution in [0.2, 0.25) is 0 Å². The Balaban J connectivity index is 4.26. The topological polar surface area (TPSA) is 66.6 Å². The molecule has 17 heavy (non-hydrogen) atoms. The van der Waals surface area contributed by atoms with Gasteiger partial charge < -0.3 is 15.5 Å². The van der Waals surface area contributed by atoms with Crippen LogP contribution in [0.15, 0.2) is 0 Å². The summed E-state index contributed by atoms with van der Waals surface area (Å²) in [7, 11) is 3.37. The highest BCUT2D eigenvalue weighted by molar-refractivity contribution is 5.84. The number of carbonyl (C=O) groups excluding carboxylic acids is 2. The summed E-state index contributed by atoms with van der Waals surface area (Å²) in [5, 5.41) is 0. The van der Waals surface area contributed by atoms with Crippen molar-refractivity contribution in [3.63, 3.8) is 0 Å². The summed E-state index contributed by atoms with van der Waals surface area (Å²) < 4.78 is 0. The van der Waals surface area contributed by atoms with Gasteiger partial charge >= 0.3 is 0 Å². The van der Waals surface area contributed by atoms with E-state index in [0.717, 1.165) is 12.8 Å². The van der Waals surface area contributed by atoms with Gasteiger partial charge in [0.25, 0.3) is 0 Å². The van der Waals surface area contributed by atoms with E-state index in [-0.39, 0.29) is 24.4 Å². The molecule has 2 N–H and O–H groups in total. The zero-order valence-corrected chi connectivity index (χ0v) is 11.4. The number of rotatable bonds is 7. The minimum Gasteiger partial charge on any atom is -0.347 e. The van der Waals surface area contributed by atoms with Crippen molar-refractivity contribution in [2.45, 2.75) is 39.2 Å². The van der Waals surface area contributed by atoms with E-state index >= 15 is 0 Å². The molecule has 1 unspecified atom stereocenters. The second-order valence-electron chi connectivity index (χ2n) is 4.45. The Hall–Kier alpha value is -1.10. The first-order valence-electron chi connectivity index (χ1n) is 6.15. The van der Waals surface area contributed by atoms with Gasteiger partial charge in [-0.3, -0.25) is 9.59 Å². The van der Waals surface area contributed by atoms with Crippen LogP contribution in [-0.4, -0.2) is 54.8 Å². The van der Waals surface area contributed by atoms with Gasteiger partial charge in [0.15, 0.2) is 0 Å². The third-order valence-corrected chi connectivity index (χ3v) is 2.66. The molecule has 0 heterocycles. The van der Waals surface area contributed by atoms with Gasteiger partial charge in [-0.2, -0.15) is 0 Å². The van der Waals surface area contributed by atoms with Crippen LogP contribution in [-0.2, 0) is 9.59 Å². The lowest BCUT2D eigenvalue weighted by Gasteiger charge is -2.23. The van der Waals surface area contributed by atoms with E-state index in [2.05, 4.69) is 0 Å². The predicted octanol–water partition coefficient (Wildman–Crippen LogP) is 0.441. The van der Waals surface area contributed by atoms with Crippen LogP contribution in [0.1, 0.15) is 33.1 Å². The van der Waals surface area contributed by atoms with Gasteiger partial charge in [0.05, 0.1) is 6.54 Å². The highest BCUT2D eigenvalue weighted by Crippen LogP contribution is 2.03. The Bertz CT molecular complexity index is 254.